The highest BCUT2D eigenvalue weighted by atomic mass is 32.2. The van der Waals surface area contributed by atoms with E-state index in [0.717, 1.165) is 17.6 Å². The van der Waals surface area contributed by atoms with Crippen molar-refractivity contribution in [1.82, 2.24) is 0 Å². The number of furan rings is 1. The van der Waals surface area contributed by atoms with E-state index in [1.807, 2.05) is 23.9 Å². The maximum absolute atomic E-state index is 5.39. The van der Waals surface area contributed by atoms with Gasteiger partial charge >= 0.3 is 0 Å². The Bertz CT molecular complexity index is 204. The molecule has 1 aromatic rings. The summed E-state index contributed by atoms with van der Waals surface area (Å²) in [6, 6.07) is 3.81. The minimum absolute atomic E-state index is 0.615. The summed E-state index contributed by atoms with van der Waals surface area (Å²) < 4.78 is 10.5. The molecule has 0 aromatic carbocycles. The number of rotatable bonds is 4. The minimum Gasteiger partial charge on any atom is -0.467 e. The number of hydrogen-bond acceptors (Lipinski definition) is 3. The van der Waals surface area contributed by atoms with Gasteiger partial charge in [-0.3, -0.25) is 0 Å². The van der Waals surface area contributed by atoms with Crippen LogP contribution in [0, 0.1) is 0 Å². The Hall–Kier alpha value is -0.410. The van der Waals surface area contributed by atoms with Gasteiger partial charge in [0.05, 0.1) is 12.9 Å². The van der Waals surface area contributed by atoms with Crippen molar-refractivity contribution in [3.05, 3.63) is 24.2 Å². The first-order chi connectivity index (χ1) is 5.45. The normalized spacial score (nSPS) is 22.0. The van der Waals surface area contributed by atoms with E-state index in [9.17, 15) is 0 Å². The van der Waals surface area contributed by atoms with Crippen LogP contribution in [0.5, 0.6) is 0 Å². The Labute approximate surface area is 69.9 Å². The quantitative estimate of drug-likeness (QED) is 0.644. The predicted octanol–water partition coefficient (Wildman–Crippen LogP) is 1.91. The number of hydrogen-bond donors (Lipinski definition) is 0. The Morgan fingerprint density at radius 3 is 3.27 bits per heavy atom. The molecule has 0 N–H and O–H groups in total. The van der Waals surface area contributed by atoms with Gasteiger partial charge in [0.15, 0.2) is 0 Å². The molecule has 1 unspecified atom stereocenters. The Morgan fingerprint density at radius 2 is 2.64 bits per heavy atom. The summed E-state index contributed by atoms with van der Waals surface area (Å²) in [5, 5.41) is 0.755. The van der Waals surface area contributed by atoms with Gasteiger partial charge in [0.2, 0.25) is 0 Å². The molecule has 60 valence electrons. The zero-order valence-electron chi connectivity index (χ0n) is 6.16. The minimum atomic E-state index is 0.615. The third kappa shape index (κ3) is 2.27. The summed E-state index contributed by atoms with van der Waals surface area (Å²) in [5.41, 5.74) is 0. The molecule has 0 saturated carbocycles. The third-order valence-electron chi connectivity index (χ3n) is 1.53. The molecule has 3 heteroatoms. The lowest BCUT2D eigenvalue weighted by Crippen LogP contribution is -1.99. The SMILES string of the molecule is c1coc(COCC2CS2)c1. The van der Waals surface area contributed by atoms with Gasteiger partial charge < -0.3 is 9.15 Å². The van der Waals surface area contributed by atoms with Crippen molar-refractivity contribution in [2.75, 3.05) is 12.4 Å². The summed E-state index contributed by atoms with van der Waals surface area (Å²) in [7, 11) is 0. The number of ether oxygens (including phenoxy) is 1. The van der Waals surface area contributed by atoms with Gasteiger partial charge in [-0.25, -0.2) is 0 Å². The largest absolute Gasteiger partial charge is 0.467 e. The molecule has 1 aliphatic rings. The maximum atomic E-state index is 5.39. The fourth-order valence-corrected chi connectivity index (χ4v) is 1.27. The van der Waals surface area contributed by atoms with Crippen LogP contribution in [-0.4, -0.2) is 17.6 Å². The molecule has 11 heavy (non-hydrogen) atoms. The van der Waals surface area contributed by atoms with E-state index >= 15 is 0 Å². The molecule has 0 radical (unpaired) electrons. The Morgan fingerprint density at radius 1 is 1.73 bits per heavy atom. The molecule has 0 aliphatic carbocycles. The summed E-state index contributed by atoms with van der Waals surface area (Å²) in [4.78, 5) is 0. The Balaban J connectivity index is 1.66. The van der Waals surface area contributed by atoms with Crippen molar-refractivity contribution < 1.29 is 9.15 Å². The molecule has 2 nitrogen and oxygen atoms in total. The summed E-state index contributed by atoms with van der Waals surface area (Å²) in [5.74, 6) is 2.17. The van der Waals surface area contributed by atoms with Crippen LogP contribution in [0.2, 0.25) is 0 Å². The molecule has 0 spiro atoms. The molecule has 2 rings (SSSR count). The fourth-order valence-electron chi connectivity index (χ4n) is 0.850. The van der Waals surface area contributed by atoms with Crippen LogP contribution >= 0.6 is 11.8 Å². The van der Waals surface area contributed by atoms with Crippen LogP contribution in [0.4, 0.5) is 0 Å². The van der Waals surface area contributed by atoms with Gasteiger partial charge in [0.25, 0.3) is 0 Å². The van der Waals surface area contributed by atoms with Crippen LogP contribution in [0.25, 0.3) is 0 Å². The van der Waals surface area contributed by atoms with Crippen LogP contribution in [0.1, 0.15) is 5.76 Å². The molecule has 1 aromatic heterocycles. The fraction of sp³-hybridized carbons (Fsp3) is 0.500. The van der Waals surface area contributed by atoms with E-state index in [2.05, 4.69) is 0 Å². The zero-order chi connectivity index (χ0) is 7.52. The second kappa shape index (κ2) is 3.32. The third-order valence-corrected chi connectivity index (χ3v) is 2.47. The van der Waals surface area contributed by atoms with Gasteiger partial charge in [-0.1, -0.05) is 0 Å². The van der Waals surface area contributed by atoms with E-state index < -0.39 is 0 Å². The second-order valence-electron chi connectivity index (χ2n) is 2.55. The smallest absolute Gasteiger partial charge is 0.129 e. The maximum Gasteiger partial charge on any atom is 0.129 e. The average molecular weight is 170 g/mol. The number of thioether (sulfide) groups is 1. The van der Waals surface area contributed by atoms with Crippen molar-refractivity contribution in [2.45, 2.75) is 11.9 Å². The lowest BCUT2D eigenvalue weighted by atomic mass is 10.5. The zero-order valence-corrected chi connectivity index (χ0v) is 6.97. The lowest BCUT2D eigenvalue weighted by molar-refractivity contribution is 0.113. The molecule has 0 amide bonds. The van der Waals surface area contributed by atoms with E-state index in [1.165, 1.54) is 5.75 Å². The highest BCUT2D eigenvalue weighted by Crippen LogP contribution is 2.30. The van der Waals surface area contributed by atoms with Gasteiger partial charge in [-0.15, -0.1) is 0 Å². The average Bonchev–Trinajstić information content (AvgIpc) is 2.66. The first-order valence-corrected chi connectivity index (χ1v) is 4.72. The van der Waals surface area contributed by atoms with E-state index in [4.69, 9.17) is 9.15 Å². The molecule has 1 atom stereocenters. The highest BCUT2D eigenvalue weighted by Gasteiger charge is 2.22. The first-order valence-electron chi connectivity index (χ1n) is 3.67. The standard InChI is InChI=1S/C8H10O2S/c1-2-7(10-3-1)4-9-5-8-6-11-8/h1-3,8H,4-6H2. The van der Waals surface area contributed by atoms with Gasteiger partial charge in [-0.2, -0.15) is 11.8 Å². The van der Waals surface area contributed by atoms with Crippen LogP contribution in [-0.2, 0) is 11.3 Å². The van der Waals surface area contributed by atoms with Crippen molar-refractivity contribution in [1.29, 1.82) is 0 Å². The monoisotopic (exact) mass is 170 g/mol. The van der Waals surface area contributed by atoms with Gasteiger partial charge in [-0.05, 0) is 12.1 Å². The van der Waals surface area contributed by atoms with Crippen LogP contribution in [0.15, 0.2) is 22.8 Å². The van der Waals surface area contributed by atoms with Crippen molar-refractivity contribution >= 4 is 11.8 Å². The van der Waals surface area contributed by atoms with Gasteiger partial charge in [0.1, 0.15) is 12.4 Å². The van der Waals surface area contributed by atoms with E-state index in [0.29, 0.717) is 6.61 Å². The topological polar surface area (TPSA) is 22.4 Å². The molecule has 1 aliphatic heterocycles. The first kappa shape index (κ1) is 7.25. The van der Waals surface area contributed by atoms with Crippen molar-refractivity contribution in [2.24, 2.45) is 0 Å². The van der Waals surface area contributed by atoms with Crippen molar-refractivity contribution in [3.63, 3.8) is 0 Å². The summed E-state index contributed by atoms with van der Waals surface area (Å²) >= 11 is 1.95. The van der Waals surface area contributed by atoms with Crippen molar-refractivity contribution in [3.8, 4) is 0 Å². The van der Waals surface area contributed by atoms with E-state index in [1.54, 1.807) is 6.26 Å². The Kier molecular flexibility index (Phi) is 2.19. The van der Waals surface area contributed by atoms with Gasteiger partial charge in [0, 0.05) is 11.0 Å². The summed E-state index contributed by atoms with van der Waals surface area (Å²) in [6.07, 6.45) is 1.67. The second-order valence-corrected chi connectivity index (χ2v) is 3.88. The molecular formula is C8H10O2S. The molecule has 1 saturated heterocycles. The van der Waals surface area contributed by atoms with E-state index in [-0.39, 0.29) is 0 Å². The molecule has 2 heterocycles. The molecule has 1 fully saturated rings. The highest BCUT2D eigenvalue weighted by molar-refractivity contribution is 8.06. The van der Waals surface area contributed by atoms with Crippen LogP contribution < -0.4 is 0 Å². The molecular weight excluding hydrogens is 160 g/mol. The van der Waals surface area contributed by atoms with Crippen LogP contribution in [0.3, 0.4) is 0 Å². The predicted molar refractivity (Wildman–Crippen MR) is 44.6 cm³/mol. The molecule has 0 bridgehead atoms. The summed E-state index contributed by atoms with van der Waals surface area (Å²) in [6.45, 7) is 1.48. The lowest BCUT2D eigenvalue weighted by Gasteiger charge is -1.97.